The van der Waals surface area contributed by atoms with E-state index in [1.165, 1.54) is 17.9 Å². The van der Waals surface area contributed by atoms with Gasteiger partial charge < -0.3 is 9.88 Å². The summed E-state index contributed by atoms with van der Waals surface area (Å²) in [5.41, 5.74) is 1.81. The molecule has 0 aromatic carbocycles. The molecule has 2 rings (SSSR count). The highest BCUT2D eigenvalue weighted by molar-refractivity contribution is 7.99. The fraction of sp³-hybridized carbons (Fsp3) is 0.615. The van der Waals surface area contributed by atoms with Crippen LogP contribution in [0.15, 0.2) is 12.1 Å². The maximum atomic E-state index is 11.8. The van der Waals surface area contributed by atoms with Gasteiger partial charge in [0.1, 0.15) is 5.69 Å². The van der Waals surface area contributed by atoms with Crippen LogP contribution in [0.4, 0.5) is 0 Å². The summed E-state index contributed by atoms with van der Waals surface area (Å²) in [5, 5.41) is 0. The van der Waals surface area contributed by atoms with Crippen LogP contribution in [-0.4, -0.2) is 59.4 Å². The molecule has 0 radical (unpaired) electrons. The lowest BCUT2D eigenvalue weighted by Crippen LogP contribution is -2.26. The number of aromatic nitrogens is 1. The van der Waals surface area contributed by atoms with Gasteiger partial charge in [0, 0.05) is 38.6 Å². The van der Waals surface area contributed by atoms with E-state index in [9.17, 15) is 4.79 Å². The first kappa shape index (κ1) is 13.5. The maximum Gasteiger partial charge on any atom is 0.269 e. The smallest absolute Gasteiger partial charge is 0.269 e. The molecule has 1 fully saturated rings. The first-order valence-corrected chi connectivity index (χ1v) is 7.52. The maximum absolute atomic E-state index is 11.8. The molecule has 0 saturated carbocycles. The Kier molecular flexibility index (Phi) is 4.72. The molecule has 1 N–H and O–H groups in total. The molecule has 100 valence electrons. The van der Waals surface area contributed by atoms with Crippen molar-refractivity contribution in [3.8, 4) is 0 Å². The molecule has 5 heteroatoms. The third kappa shape index (κ3) is 3.53. The number of carbonyl (C=O) groups excluding carboxylic acids is 1. The fourth-order valence-corrected chi connectivity index (χ4v) is 3.02. The summed E-state index contributed by atoms with van der Waals surface area (Å²) in [6.07, 6.45) is 1.26. The third-order valence-corrected chi connectivity index (χ3v) is 4.14. The van der Waals surface area contributed by atoms with Crippen LogP contribution in [0.2, 0.25) is 0 Å². The van der Waals surface area contributed by atoms with Crippen molar-refractivity contribution in [2.24, 2.45) is 0 Å². The van der Waals surface area contributed by atoms with Crippen molar-refractivity contribution in [3.63, 3.8) is 0 Å². The summed E-state index contributed by atoms with van der Waals surface area (Å²) < 4.78 is 0. The molecule has 0 unspecified atom stereocenters. The molecule has 1 amide bonds. The van der Waals surface area contributed by atoms with Crippen molar-refractivity contribution in [2.75, 3.05) is 38.7 Å². The summed E-state index contributed by atoms with van der Waals surface area (Å²) in [6.45, 7) is 3.21. The predicted molar refractivity (Wildman–Crippen MR) is 76.0 cm³/mol. The van der Waals surface area contributed by atoms with Crippen LogP contribution in [0.1, 0.15) is 22.6 Å². The lowest BCUT2D eigenvalue weighted by Gasteiger charge is -2.18. The van der Waals surface area contributed by atoms with Crippen LogP contribution >= 0.6 is 11.8 Å². The number of nitrogens with one attached hydrogen (secondary N) is 1. The normalized spacial score (nSPS) is 17.4. The topological polar surface area (TPSA) is 39.3 Å². The van der Waals surface area contributed by atoms with Gasteiger partial charge in [0.2, 0.25) is 0 Å². The molecule has 1 aromatic rings. The second-order valence-electron chi connectivity index (χ2n) is 4.84. The molecule has 0 aliphatic carbocycles. The minimum absolute atomic E-state index is 0.0349. The zero-order chi connectivity index (χ0) is 13.0. The molecule has 2 heterocycles. The van der Waals surface area contributed by atoms with Gasteiger partial charge in [-0.3, -0.25) is 9.69 Å². The van der Waals surface area contributed by atoms with Crippen LogP contribution in [0.25, 0.3) is 0 Å². The number of H-pyrrole nitrogens is 1. The van der Waals surface area contributed by atoms with Gasteiger partial charge in [-0.05, 0) is 30.9 Å². The van der Waals surface area contributed by atoms with Crippen LogP contribution in [0, 0.1) is 0 Å². The summed E-state index contributed by atoms with van der Waals surface area (Å²) >= 11 is 2.03. The van der Waals surface area contributed by atoms with Gasteiger partial charge in [-0.2, -0.15) is 11.8 Å². The minimum atomic E-state index is 0.0349. The number of carbonyl (C=O) groups is 1. The highest BCUT2D eigenvalue weighted by Gasteiger charge is 2.13. The van der Waals surface area contributed by atoms with Gasteiger partial charge in [0.15, 0.2) is 0 Å². The van der Waals surface area contributed by atoms with E-state index in [0.29, 0.717) is 5.69 Å². The van der Waals surface area contributed by atoms with E-state index in [1.807, 2.05) is 23.9 Å². The Morgan fingerprint density at radius 3 is 3.00 bits per heavy atom. The number of rotatable bonds is 3. The van der Waals surface area contributed by atoms with E-state index >= 15 is 0 Å². The third-order valence-electron chi connectivity index (χ3n) is 3.09. The molecular weight excluding hydrogens is 246 g/mol. The minimum Gasteiger partial charge on any atom is -0.353 e. The Morgan fingerprint density at radius 1 is 1.39 bits per heavy atom. The quantitative estimate of drug-likeness (QED) is 0.905. The second kappa shape index (κ2) is 6.29. The Hall–Kier alpha value is -0.940. The van der Waals surface area contributed by atoms with E-state index in [-0.39, 0.29) is 5.91 Å². The first-order chi connectivity index (χ1) is 8.66. The Bertz CT molecular complexity index is 395. The molecule has 0 spiro atoms. The van der Waals surface area contributed by atoms with Gasteiger partial charge in [-0.15, -0.1) is 0 Å². The largest absolute Gasteiger partial charge is 0.353 e. The van der Waals surface area contributed by atoms with Crippen LogP contribution < -0.4 is 0 Å². The zero-order valence-corrected chi connectivity index (χ0v) is 11.9. The van der Waals surface area contributed by atoms with E-state index in [1.54, 1.807) is 19.0 Å². The summed E-state index contributed by atoms with van der Waals surface area (Å²) in [4.78, 5) is 19.1. The number of hydrogen-bond donors (Lipinski definition) is 1. The first-order valence-electron chi connectivity index (χ1n) is 6.36. The fourth-order valence-electron chi connectivity index (χ4n) is 2.09. The number of aromatic amines is 1. The highest BCUT2D eigenvalue weighted by atomic mass is 32.2. The predicted octanol–water partition coefficient (Wildman–Crippen LogP) is 1.66. The summed E-state index contributed by atoms with van der Waals surface area (Å²) in [7, 11) is 3.55. The van der Waals surface area contributed by atoms with Crippen molar-refractivity contribution < 1.29 is 4.79 Å². The Balaban J connectivity index is 1.95. The van der Waals surface area contributed by atoms with Gasteiger partial charge in [-0.1, -0.05) is 0 Å². The zero-order valence-electron chi connectivity index (χ0n) is 11.1. The SMILES string of the molecule is CN(C)C(=O)c1ccc(CN2CCCSCC2)[nH]1. The molecule has 0 bridgehead atoms. The molecular formula is C13H21N3OS. The standard InChI is InChI=1S/C13H21N3OS/c1-15(2)13(17)12-5-4-11(14-12)10-16-6-3-8-18-9-7-16/h4-5,14H,3,6-10H2,1-2H3. The number of hydrogen-bond acceptors (Lipinski definition) is 3. The lowest BCUT2D eigenvalue weighted by molar-refractivity contribution is 0.0822. The highest BCUT2D eigenvalue weighted by Crippen LogP contribution is 2.13. The van der Waals surface area contributed by atoms with E-state index in [4.69, 9.17) is 0 Å². The van der Waals surface area contributed by atoms with Crippen molar-refractivity contribution in [1.29, 1.82) is 0 Å². The Morgan fingerprint density at radius 2 is 2.22 bits per heavy atom. The molecule has 4 nitrogen and oxygen atoms in total. The van der Waals surface area contributed by atoms with Gasteiger partial charge in [-0.25, -0.2) is 0 Å². The summed E-state index contributed by atoms with van der Waals surface area (Å²) in [5.74, 6) is 2.52. The second-order valence-corrected chi connectivity index (χ2v) is 6.06. The van der Waals surface area contributed by atoms with Crippen LogP contribution in [0.5, 0.6) is 0 Å². The van der Waals surface area contributed by atoms with Gasteiger partial charge in [0.05, 0.1) is 0 Å². The van der Waals surface area contributed by atoms with E-state index in [0.717, 1.165) is 25.3 Å². The van der Waals surface area contributed by atoms with Gasteiger partial charge >= 0.3 is 0 Å². The number of amides is 1. The molecule has 18 heavy (non-hydrogen) atoms. The molecule has 0 atom stereocenters. The summed E-state index contributed by atoms with van der Waals surface area (Å²) in [6, 6.07) is 3.90. The van der Waals surface area contributed by atoms with Gasteiger partial charge in [0.25, 0.3) is 5.91 Å². The van der Waals surface area contributed by atoms with Crippen LogP contribution in [0.3, 0.4) is 0 Å². The van der Waals surface area contributed by atoms with Crippen LogP contribution in [-0.2, 0) is 6.54 Å². The van der Waals surface area contributed by atoms with Crippen molar-refractivity contribution >= 4 is 17.7 Å². The number of nitrogens with zero attached hydrogens (tertiary/aromatic N) is 2. The van der Waals surface area contributed by atoms with Crippen molar-refractivity contribution in [2.45, 2.75) is 13.0 Å². The molecule has 1 aliphatic heterocycles. The molecule has 1 saturated heterocycles. The van der Waals surface area contributed by atoms with E-state index < -0.39 is 0 Å². The molecule has 1 aliphatic rings. The monoisotopic (exact) mass is 267 g/mol. The average Bonchev–Trinajstić information content (AvgIpc) is 2.64. The lowest BCUT2D eigenvalue weighted by atomic mass is 10.3. The van der Waals surface area contributed by atoms with Crippen molar-refractivity contribution in [1.82, 2.24) is 14.8 Å². The van der Waals surface area contributed by atoms with Crippen molar-refractivity contribution in [3.05, 3.63) is 23.5 Å². The van der Waals surface area contributed by atoms with E-state index in [2.05, 4.69) is 9.88 Å². The molecule has 1 aromatic heterocycles. The number of thioether (sulfide) groups is 1. The Labute approximate surface area is 113 Å². The average molecular weight is 267 g/mol.